The van der Waals surface area contributed by atoms with Crippen LogP contribution in [0.1, 0.15) is 13.8 Å². The second-order valence-corrected chi connectivity index (χ2v) is 8.21. The second kappa shape index (κ2) is 9.97. The molecule has 1 atom stereocenters. The number of hydrogen-bond acceptors (Lipinski definition) is 7. The average Bonchev–Trinajstić information content (AvgIpc) is 2.71. The first-order valence-corrected chi connectivity index (χ1v) is 10.3. The maximum Gasteiger partial charge on any atom is 0.446 e. The van der Waals surface area contributed by atoms with Gasteiger partial charge in [0.2, 0.25) is 5.95 Å². The highest BCUT2D eigenvalue weighted by atomic mass is 32.2. The van der Waals surface area contributed by atoms with Gasteiger partial charge in [-0.1, -0.05) is 19.9 Å². The van der Waals surface area contributed by atoms with Gasteiger partial charge in [-0.25, -0.2) is 4.98 Å². The maximum atomic E-state index is 12.7. The first kappa shape index (κ1) is 22.8. The molecule has 0 amide bonds. The number of nitrogens with zero attached hydrogens (tertiary/aromatic N) is 3. The third-order valence-electron chi connectivity index (χ3n) is 4.36. The molecule has 3 N–H and O–H groups in total. The van der Waals surface area contributed by atoms with Gasteiger partial charge in [0.1, 0.15) is 5.82 Å². The van der Waals surface area contributed by atoms with E-state index < -0.39 is 5.51 Å². The number of thioether (sulfide) groups is 1. The van der Waals surface area contributed by atoms with Crippen molar-refractivity contribution >= 4 is 29.2 Å². The lowest BCUT2D eigenvalue weighted by Crippen LogP contribution is -2.30. The summed E-state index contributed by atoms with van der Waals surface area (Å²) in [6.07, 6.45) is 3.28. The first-order valence-electron chi connectivity index (χ1n) is 9.53. The molecule has 0 saturated carbocycles. The number of pyridine rings is 1. The summed E-state index contributed by atoms with van der Waals surface area (Å²) in [6.45, 7) is 3.83. The van der Waals surface area contributed by atoms with Crippen molar-refractivity contribution in [2.75, 3.05) is 17.2 Å². The molecule has 0 aliphatic rings. The van der Waals surface area contributed by atoms with E-state index in [0.717, 1.165) is 5.56 Å². The number of rotatable bonds is 8. The summed E-state index contributed by atoms with van der Waals surface area (Å²) in [4.78, 5) is 13.0. The normalized spacial score (nSPS) is 12.6. The zero-order valence-corrected chi connectivity index (χ0v) is 17.7. The van der Waals surface area contributed by atoms with E-state index in [-0.39, 0.29) is 35.2 Å². The minimum absolute atomic E-state index is 0.0689. The molecule has 0 saturated heterocycles. The molecule has 6 nitrogen and oxygen atoms in total. The molecule has 0 spiro atoms. The van der Waals surface area contributed by atoms with Crippen molar-refractivity contribution in [3.05, 3.63) is 54.9 Å². The van der Waals surface area contributed by atoms with Crippen LogP contribution in [0.25, 0.3) is 11.3 Å². The van der Waals surface area contributed by atoms with Gasteiger partial charge in [-0.3, -0.25) is 4.98 Å². The number of benzene rings is 1. The smallest absolute Gasteiger partial charge is 0.394 e. The number of halogens is 3. The Labute approximate surface area is 182 Å². The number of nitrogens with one attached hydrogen (secondary N) is 2. The quantitative estimate of drug-likeness (QED) is 0.401. The number of alkyl halides is 3. The monoisotopic (exact) mass is 449 g/mol. The number of anilines is 3. The highest BCUT2D eigenvalue weighted by Crippen LogP contribution is 2.38. The number of aliphatic hydroxyl groups is 1. The van der Waals surface area contributed by atoms with Crippen LogP contribution in [0.15, 0.2) is 59.8 Å². The highest BCUT2D eigenvalue weighted by Gasteiger charge is 2.29. The maximum absolute atomic E-state index is 12.7. The largest absolute Gasteiger partial charge is 0.446 e. The Bertz CT molecular complexity index is 1000. The van der Waals surface area contributed by atoms with Gasteiger partial charge in [0.15, 0.2) is 0 Å². The summed E-state index contributed by atoms with van der Waals surface area (Å²) < 4.78 is 38.1. The standard InChI is InChI=1S/C21H22F3N5OS/c1-13(2)18(12-30)28-20-27-17(14-6-8-25-9-7-14)11-19(29-20)26-15-4-3-5-16(10-15)31-21(22,23)24/h3-11,13,18,30H,12H2,1-2H3,(H2,26,27,28,29)/t18-/m1/s1. The molecular weight excluding hydrogens is 427 g/mol. The van der Waals surface area contributed by atoms with Crippen LogP contribution in [-0.2, 0) is 0 Å². The predicted octanol–water partition coefficient (Wildman–Crippen LogP) is 5.32. The van der Waals surface area contributed by atoms with E-state index in [2.05, 4.69) is 25.6 Å². The van der Waals surface area contributed by atoms with Crippen LogP contribution in [0.4, 0.5) is 30.6 Å². The summed E-state index contributed by atoms with van der Waals surface area (Å²) in [6, 6.07) is 11.0. The molecule has 0 radical (unpaired) electrons. The van der Waals surface area contributed by atoms with Crippen LogP contribution in [-0.4, -0.2) is 38.2 Å². The molecule has 3 rings (SSSR count). The van der Waals surface area contributed by atoms with E-state index in [1.165, 1.54) is 12.1 Å². The Hall–Kier alpha value is -2.85. The molecule has 0 aliphatic heterocycles. The minimum atomic E-state index is -4.37. The minimum Gasteiger partial charge on any atom is -0.394 e. The SMILES string of the molecule is CC(C)[C@@H](CO)Nc1nc(Nc2cccc(SC(F)(F)F)c2)cc(-c2ccncc2)n1. The summed E-state index contributed by atoms with van der Waals surface area (Å²) >= 11 is -0.177. The summed E-state index contributed by atoms with van der Waals surface area (Å²) in [5, 5.41) is 15.8. The Morgan fingerprint density at radius 3 is 2.45 bits per heavy atom. The van der Waals surface area contributed by atoms with Crippen molar-refractivity contribution < 1.29 is 18.3 Å². The van der Waals surface area contributed by atoms with E-state index >= 15 is 0 Å². The van der Waals surface area contributed by atoms with Gasteiger partial charge < -0.3 is 15.7 Å². The Kier molecular flexibility index (Phi) is 7.34. The molecular formula is C21H22F3N5OS. The van der Waals surface area contributed by atoms with E-state index in [1.54, 1.807) is 42.7 Å². The van der Waals surface area contributed by atoms with Gasteiger partial charge in [0.05, 0.1) is 18.3 Å². The Balaban J connectivity index is 1.93. The lowest BCUT2D eigenvalue weighted by atomic mass is 10.1. The number of aliphatic hydroxyl groups excluding tert-OH is 1. The molecule has 0 aliphatic carbocycles. The van der Waals surface area contributed by atoms with Gasteiger partial charge in [0.25, 0.3) is 0 Å². The van der Waals surface area contributed by atoms with Crippen LogP contribution < -0.4 is 10.6 Å². The fraction of sp³-hybridized carbons (Fsp3) is 0.286. The third-order valence-corrected chi connectivity index (χ3v) is 5.08. The van der Waals surface area contributed by atoms with E-state index in [4.69, 9.17) is 0 Å². The Morgan fingerprint density at radius 1 is 1.06 bits per heavy atom. The molecule has 1 aromatic carbocycles. The summed E-state index contributed by atoms with van der Waals surface area (Å²) in [5.41, 5.74) is -2.50. The second-order valence-electron chi connectivity index (χ2n) is 7.08. The lowest BCUT2D eigenvalue weighted by Gasteiger charge is -2.20. The molecule has 31 heavy (non-hydrogen) atoms. The first-order chi connectivity index (χ1) is 14.7. The molecule has 10 heteroatoms. The van der Waals surface area contributed by atoms with Crippen molar-refractivity contribution in [2.45, 2.75) is 30.3 Å². The van der Waals surface area contributed by atoms with Crippen molar-refractivity contribution in [1.29, 1.82) is 0 Å². The van der Waals surface area contributed by atoms with E-state index in [9.17, 15) is 18.3 Å². The van der Waals surface area contributed by atoms with Gasteiger partial charge in [-0.05, 0) is 48.0 Å². The Morgan fingerprint density at radius 2 is 1.81 bits per heavy atom. The van der Waals surface area contributed by atoms with Gasteiger partial charge in [-0.2, -0.15) is 18.2 Å². The highest BCUT2D eigenvalue weighted by molar-refractivity contribution is 8.00. The van der Waals surface area contributed by atoms with Crippen LogP contribution in [0.2, 0.25) is 0 Å². The molecule has 0 bridgehead atoms. The molecule has 164 valence electrons. The fourth-order valence-corrected chi connectivity index (χ4v) is 3.35. The number of aromatic nitrogens is 3. The lowest BCUT2D eigenvalue weighted by molar-refractivity contribution is -0.0328. The van der Waals surface area contributed by atoms with Gasteiger partial charge in [0, 0.05) is 34.6 Å². The summed E-state index contributed by atoms with van der Waals surface area (Å²) in [7, 11) is 0. The van der Waals surface area contributed by atoms with E-state index in [1.807, 2.05) is 13.8 Å². The van der Waals surface area contributed by atoms with E-state index in [0.29, 0.717) is 23.1 Å². The molecule has 0 fully saturated rings. The van der Waals surface area contributed by atoms with Crippen LogP contribution >= 0.6 is 11.8 Å². The zero-order chi connectivity index (χ0) is 22.4. The van der Waals surface area contributed by atoms with Crippen molar-refractivity contribution in [3.63, 3.8) is 0 Å². The molecule has 2 aromatic heterocycles. The van der Waals surface area contributed by atoms with Crippen molar-refractivity contribution in [1.82, 2.24) is 15.0 Å². The average molecular weight is 450 g/mol. The van der Waals surface area contributed by atoms with Crippen LogP contribution in [0.3, 0.4) is 0 Å². The zero-order valence-electron chi connectivity index (χ0n) is 16.9. The molecule has 2 heterocycles. The van der Waals surface area contributed by atoms with Crippen LogP contribution in [0.5, 0.6) is 0 Å². The number of hydrogen-bond donors (Lipinski definition) is 3. The van der Waals surface area contributed by atoms with Gasteiger partial charge >= 0.3 is 5.51 Å². The van der Waals surface area contributed by atoms with Gasteiger partial charge in [-0.15, -0.1) is 0 Å². The van der Waals surface area contributed by atoms with Crippen molar-refractivity contribution in [3.8, 4) is 11.3 Å². The predicted molar refractivity (Wildman–Crippen MR) is 116 cm³/mol. The van der Waals surface area contributed by atoms with Crippen LogP contribution in [0, 0.1) is 5.92 Å². The topological polar surface area (TPSA) is 83.0 Å². The molecule has 3 aromatic rings. The summed E-state index contributed by atoms with van der Waals surface area (Å²) in [5.74, 6) is 0.829. The molecule has 0 unspecified atom stereocenters. The van der Waals surface area contributed by atoms with Crippen molar-refractivity contribution in [2.24, 2.45) is 5.92 Å². The fourth-order valence-electron chi connectivity index (χ4n) is 2.75. The third kappa shape index (κ3) is 6.83.